The van der Waals surface area contributed by atoms with E-state index in [0.717, 1.165) is 17.8 Å². The number of hydrogen-bond donors (Lipinski definition) is 1. The van der Waals surface area contributed by atoms with Crippen LogP contribution in [0.3, 0.4) is 0 Å². The van der Waals surface area contributed by atoms with Crippen LogP contribution in [-0.2, 0) is 15.4 Å². The molecule has 4 saturated carbocycles. The SMILES string of the molecule is Cc1noc(C)c1S(=O)(=O)Nc1ccc(C23CC4CC(CC(C4)C2)C3)cc1. The van der Waals surface area contributed by atoms with E-state index in [1.165, 1.54) is 44.1 Å². The van der Waals surface area contributed by atoms with Gasteiger partial charge in [0.15, 0.2) is 10.7 Å². The first kappa shape index (κ1) is 17.3. The summed E-state index contributed by atoms with van der Waals surface area (Å²) < 4.78 is 33.1. The van der Waals surface area contributed by atoms with Crippen LogP contribution in [-0.4, -0.2) is 13.6 Å². The second-order valence-corrected chi connectivity index (χ2v) is 10.7. The van der Waals surface area contributed by atoms with Gasteiger partial charge in [0.05, 0.1) is 0 Å². The molecule has 0 spiro atoms. The molecule has 0 amide bonds. The van der Waals surface area contributed by atoms with E-state index in [9.17, 15) is 8.42 Å². The molecule has 1 aromatic carbocycles. The third kappa shape index (κ3) is 2.80. The maximum atomic E-state index is 12.7. The number of rotatable bonds is 4. The number of hydrogen-bond acceptors (Lipinski definition) is 4. The van der Waals surface area contributed by atoms with Crippen molar-refractivity contribution in [2.24, 2.45) is 17.8 Å². The standard InChI is InChI=1S/C21H26N2O3S/c1-13-20(14(2)26-22-13)27(24,25)23-19-5-3-18(4-6-19)21-10-15-7-16(11-21)9-17(8-15)12-21/h3-6,15-17,23H,7-12H2,1-2H3. The summed E-state index contributed by atoms with van der Waals surface area (Å²) in [4.78, 5) is 0.132. The van der Waals surface area contributed by atoms with Crippen LogP contribution < -0.4 is 4.72 Å². The van der Waals surface area contributed by atoms with Crippen molar-refractivity contribution in [3.05, 3.63) is 41.3 Å². The number of anilines is 1. The van der Waals surface area contributed by atoms with Gasteiger partial charge in [-0.25, -0.2) is 8.42 Å². The summed E-state index contributed by atoms with van der Waals surface area (Å²) in [5.41, 5.74) is 2.68. The Morgan fingerprint density at radius 2 is 1.56 bits per heavy atom. The molecule has 0 atom stereocenters. The van der Waals surface area contributed by atoms with Crippen LogP contribution in [0.15, 0.2) is 33.7 Å². The normalized spacial score (nSPS) is 32.0. The van der Waals surface area contributed by atoms with Crippen molar-refractivity contribution in [1.82, 2.24) is 5.16 Å². The maximum absolute atomic E-state index is 12.7. The van der Waals surface area contributed by atoms with Crippen molar-refractivity contribution in [3.63, 3.8) is 0 Å². The van der Waals surface area contributed by atoms with Gasteiger partial charge >= 0.3 is 0 Å². The third-order valence-corrected chi connectivity index (χ3v) is 8.65. The summed E-state index contributed by atoms with van der Waals surface area (Å²) in [6.07, 6.45) is 8.20. The zero-order valence-corrected chi connectivity index (χ0v) is 16.7. The minimum absolute atomic E-state index is 0.132. The molecule has 6 heteroatoms. The van der Waals surface area contributed by atoms with E-state index in [0.29, 0.717) is 22.6 Å². The van der Waals surface area contributed by atoms with Gasteiger partial charge in [-0.05, 0) is 93.2 Å². The van der Waals surface area contributed by atoms with E-state index >= 15 is 0 Å². The number of aryl methyl sites for hydroxylation is 2. The summed E-state index contributed by atoms with van der Waals surface area (Å²) in [7, 11) is -3.70. The predicted molar refractivity (Wildman–Crippen MR) is 103 cm³/mol. The molecule has 144 valence electrons. The highest BCUT2D eigenvalue weighted by molar-refractivity contribution is 7.92. The molecule has 4 bridgehead atoms. The molecule has 1 heterocycles. The van der Waals surface area contributed by atoms with Gasteiger partial charge in [-0.1, -0.05) is 17.3 Å². The Labute approximate surface area is 160 Å². The second-order valence-electron chi connectivity index (χ2n) is 9.03. The molecule has 0 saturated heterocycles. The average molecular weight is 387 g/mol. The predicted octanol–water partition coefficient (Wildman–Crippen LogP) is 4.56. The molecule has 0 aliphatic heterocycles. The van der Waals surface area contributed by atoms with E-state index in [1.54, 1.807) is 13.8 Å². The Bertz CT molecular complexity index is 921. The highest BCUT2D eigenvalue weighted by Gasteiger charge is 2.51. The highest BCUT2D eigenvalue weighted by atomic mass is 32.2. The summed E-state index contributed by atoms with van der Waals surface area (Å²) in [5.74, 6) is 3.00. The Morgan fingerprint density at radius 1 is 1.00 bits per heavy atom. The smallest absolute Gasteiger partial charge is 0.267 e. The van der Waals surface area contributed by atoms with Crippen LogP contribution in [0.2, 0.25) is 0 Å². The van der Waals surface area contributed by atoms with Crippen molar-refractivity contribution < 1.29 is 12.9 Å². The van der Waals surface area contributed by atoms with Crippen molar-refractivity contribution in [3.8, 4) is 0 Å². The fraction of sp³-hybridized carbons (Fsp3) is 0.571. The number of sulfonamides is 1. The lowest BCUT2D eigenvalue weighted by Crippen LogP contribution is -2.48. The van der Waals surface area contributed by atoms with E-state index in [1.807, 2.05) is 12.1 Å². The monoisotopic (exact) mass is 386 g/mol. The van der Waals surface area contributed by atoms with Crippen LogP contribution in [0.1, 0.15) is 55.5 Å². The molecule has 27 heavy (non-hydrogen) atoms. The van der Waals surface area contributed by atoms with Gasteiger partial charge in [0, 0.05) is 5.69 Å². The largest absolute Gasteiger partial charge is 0.360 e. The summed E-state index contributed by atoms with van der Waals surface area (Å²) in [6.45, 7) is 3.26. The first-order valence-corrected chi connectivity index (χ1v) is 11.4. The molecule has 6 rings (SSSR count). The lowest BCUT2D eigenvalue weighted by Gasteiger charge is -2.57. The fourth-order valence-electron chi connectivity index (χ4n) is 6.42. The van der Waals surface area contributed by atoms with Gasteiger partial charge in [-0.3, -0.25) is 4.72 Å². The molecular weight excluding hydrogens is 360 g/mol. The first-order chi connectivity index (χ1) is 12.8. The zero-order chi connectivity index (χ0) is 18.8. The topological polar surface area (TPSA) is 72.2 Å². The zero-order valence-electron chi connectivity index (χ0n) is 15.9. The van der Waals surface area contributed by atoms with Gasteiger partial charge in [0.2, 0.25) is 0 Å². The van der Waals surface area contributed by atoms with Gasteiger partial charge < -0.3 is 4.52 Å². The van der Waals surface area contributed by atoms with Crippen molar-refractivity contribution >= 4 is 15.7 Å². The van der Waals surface area contributed by atoms with Crippen LogP contribution in [0.25, 0.3) is 0 Å². The first-order valence-electron chi connectivity index (χ1n) is 9.91. The van der Waals surface area contributed by atoms with Gasteiger partial charge in [0.25, 0.3) is 10.0 Å². The molecule has 0 unspecified atom stereocenters. The Morgan fingerprint density at radius 3 is 2.04 bits per heavy atom. The molecule has 5 nitrogen and oxygen atoms in total. The Kier molecular flexibility index (Phi) is 3.74. The van der Waals surface area contributed by atoms with Crippen LogP contribution >= 0.6 is 0 Å². The molecular formula is C21H26N2O3S. The molecule has 0 radical (unpaired) electrons. The van der Waals surface area contributed by atoms with Gasteiger partial charge in [-0.15, -0.1) is 0 Å². The number of nitrogens with one attached hydrogen (secondary N) is 1. The quantitative estimate of drug-likeness (QED) is 0.836. The fourth-order valence-corrected chi connectivity index (χ4v) is 7.81. The molecule has 4 aliphatic rings. The van der Waals surface area contributed by atoms with Gasteiger partial charge in [-0.2, -0.15) is 0 Å². The minimum Gasteiger partial charge on any atom is -0.360 e. The maximum Gasteiger partial charge on any atom is 0.267 e. The Balaban J connectivity index is 1.40. The van der Waals surface area contributed by atoms with Crippen LogP contribution in [0.4, 0.5) is 5.69 Å². The number of aromatic nitrogens is 1. The summed E-state index contributed by atoms with van der Waals surface area (Å²) in [6, 6.07) is 8.09. The second kappa shape index (κ2) is 5.84. The van der Waals surface area contributed by atoms with E-state index < -0.39 is 10.0 Å². The molecule has 4 aliphatic carbocycles. The van der Waals surface area contributed by atoms with Crippen molar-refractivity contribution in [2.45, 2.75) is 62.7 Å². The Hall–Kier alpha value is -1.82. The molecule has 1 N–H and O–H groups in total. The number of nitrogens with zero attached hydrogens (tertiary/aromatic N) is 1. The average Bonchev–Trinajstić information content (AvgIpc) is 2.93. The van der Waals surface area contributed by atoms with Crippen molar-refractivity contribution in [2.75, 3.05) is 4.72 Å². The summed E-state index contributed by atoms with van der Waals surface area (Å²) >= 11 is 0. The van der Waals surface area contributed by atoms with E-state index in [-0.39, 0.29) is 4.90 Å². The minimum atomic E-state index is -3.70. The van der Waals surface area contributed by atoms with Gasteiger partial charge in [0.1, 0.15) is 5.69 Å². The van der Waals surface area contributed by atoms with Crippen LogP contribution in [0.5, 0.6) is 0 Å². The van der Waals surface area contributed by atoms with Crippen molar-refractivity contribution in [1.29, 1.82) is 0 Å². The van der Waals surface area contributed by atoms with E-state index in [2.05, 4.69) is 22.0 Å². The molecule has 1 aromatic heterocycles. The summed E-state index contributed by atoms with van der Waals surface area (Å²) in [5, 5.41) is 3.75. The lowest BCUT2D eigenvalue weighted by atomic mass is 9.48. The van der Waals surface area contributed by atoms with Crippen LogP contribution in [0, 0.1) is 31.6 Å². The lowest BCUT2D eigenvalue weighted by molar-refractivity contribution is -0.00518. The molecule has 4 fully saturated rings. The third-order valence-electron chi connectivity index (χ3n) is 7.02. The number of benzene rings is 1. The molecule has 2 aromatic rings. The van der Waals surface area contributed by atoms with E-state index in [4.69, 9.17) is 4.52 Å². The highest BCUT2D eigenvalue weighted by Crippen LogP contribution is 2.60.